The third-order valence-corrected chi connectivity index (χ3v) is 7.10. The van der Waals surface area contributed by atoms with Gasteiger partial charge in [0, 0.05) is 41.8 Å². The Morgan fingerprint density at radius 3 is 2.74 bits per heavy atom. The summed E-state index contributed by atoms with van der Waals surface area (Å²) in [6, 6.07) is 15.3. The Balaban J connectivity index is 1.36. The van der Waals surface area contributed by atoms with E-state index in [1.165, 1.54) is 11.3 Å². The van der Waals surface area contributed by atoms with Crippen molar-refractivity contribution < 1.29 is 14.3 Å². The van der Waals surface area contributed by atoms with Crippen molar-refractivity contribution in [1.82, 2.24) is 19.6 Å². The molecule has 0 bridgehead atoms. The first-order valence-electron chi connectivity index (χ1n) is 11.3. The molecule has 2 aromatic heterocycles. The van der Waals surface area contributed by atoms with Gasteiger partial charge in [-0.1, -0.05) is 36.4 Å². The quantitative estimate of drug-likeness (QED) is 0.449. The number of ether oxygens (including phenoxy) is 1. The molecule has 1 N–H and O–H groups in total. The zero-order chi connectivity index (χ0) is 23.7. The minimum atomic E-state index is -0.169. The van der Waals surface area contributed by atoms with Crippen molar-refractivity contribution in [2.24, 2.45) is 0 Å². The summed E-state index contributed by atoms with van der Waals surface area (Å²) in [5.41, 5.74) is 3.61. The van der Waals surface area contributed by atoms with Crippen LogP contribution >= 0.6 is 11.3 Å². The largest absolute Gasteiger partial charge is 0.496 e. The first-order chi connectivity index (χ1) is 16.6. The molecule has 8 heteroatoms. The van der Waals surface area contributed by atoms with Crippen LogP contribution in [-0.2, 0) is 0 Å². The van der Waals surface area contributed by atoms with Gasteiger partial charge in [-0.05, 0) is 37.5 Å². The fraction of sp³-hybridized carbons (Fsp3) is 0.269. The summed E-state index contributed by atoms with van der Waals surface area (Å²) in [6.07, 6.45) is 3.61. The molecule has 1 aliphatic rings. The lowest BCUT2D eigenvalue weighted by molar-refractivity contribution is 0.0725. The first-order valence-corrected chi connectivity index (χ1v) is 12.2. The number of para-hydroxylation sites is 1. The van der Waals surface area contributed by atoms with Crippen LogP contribution in [0.15, 0.2) is 60.1 Å². The van der Waals surface area contributed by atoms with Crippen LogP contribution in [0.2, 0.25) is 0 Å². The average molecular weight is 475 g/mol. The predicted octanol–water partition coefficient (Wildman–Crippen LogP) is 4.41. The van der Waals surface area contributed by atoms with Crippen LogP contribution < -0.4 is 10.1 Å². The van der Waals surface area contributed by atoms with Crippen molar-refractivity contribution in [1.29, 1.82) is 0 Å². The number of benzene rings is 2. The summed E-state index contributed by atoms with van der Waals surface area (Å²) >= 11 is 1.50. The van der Waals surface area contributed by atoms with Crippen LogP contribution in [0.25, 0.3) is 16.1 Å². The zero-order valence-corrected chi connectivity index (χ0v) is 20.0. The van der Waals surface area contributed by atoms with Gasteiger partial charge in [-0.2, -0.15) is 0 Å². The second-order valence-corrected chi connectivity index (χ2v) is 9.22. The number of carbonyl (C=O) groups is 2. The number of carbonyl (C=O) groups excluding carboxylic acids is 2. The highest BCUT2D eigenvalue weighted by Gasteiger charge is 2.31. The molecule has 0 saturated carbocycles. The van der Waals surface area contributed by atoms with Gasteiger partial charge in [-0.25, -0.2) is 4.98 Å². The van der Waals surface area contributed by atoms with Crippen LogP contribution in [0.5, 0.6) is 5.75 Å². The van der Waals surface area contributed by atoms with Gasteiger partial charge in [0.15, 0.2) is 4.96 Å². The molecule has 0 spiro atoms. The van der Waals surface area contributed by atoms with Crippen molar-refractivity contribution in [2.75, 3.05) is 20.2 Å². The highest BCUT2D eigenvalue weighted by Crippen LogP contribution is 2.33. The maximum absolute atomic E-state index is 13.7. The minimum absolute atomic E-state index is 0.0287. The van der Waals surface area contributed by atoms with Crippen molar-refractivity contribution in [2.45, 2.75) is 25.8 Å². The lowest BCUT2D eigenvalue weighted by atomic mass is 9.97. The number of hydrogen-bond donors (Lipinski definition) is 1. The van der Waals surface area contributed by atoms with Crippen LogP contribution in [0, 0.1) is 6.92 Å². The Labute approximate surface area is 202 Å². The molecule has 0 unspecified atom stereocenters. The molecule has 1 fully saturated rings. The molecule has 3 heterocycles. The van der Waals surface area contributed by atoms with Crippen molar-refractivity contribution in [3.8, 4) is 16.9 Å². The normalized spacial score (nSPS) is 15.6. The monoisotopic (exact) mass is 474 g/mol. The number of aromatic nitrogens is 2. The summed E-state index contributed by atoms with van der Waals surface area (Å²) in [7, 11) is 1.63. The fourth-order valence-electron chi connectivity index (χ4n) is 4.70. The number of nitrogens with zero attached hydrogens (tertiary/aromatic N) is 3. The van der Waals surface area contributed by atoms with Gasteiger partial charge in [0.05, 0.1) is 12.8 Å². The molecule has 1 aliphatic heterocycles. The molecule has 7 nitrogen and oxygen atoms in total. The van der Waals surface area contributed by atoms with Gasteiger partial charge >= 0.3 is 0 Å². The Morgan fingerprint density at radius 1 is 1.15 bits per heavy atom. The number of likely N-dealkylation sites (tertiary alicyclic amines) is 1. The second-order valence-electron chi connectivity index (χ2n) is 8.35. The first kappa shape index (κ1) is 22.2. The number of aryl methyl sites for hydroxylation is 1. The van der Waals surface area contributed by atoms with E-state index in [2.05, 4.69) is 10.3 Å². The average Bonchev–Trinajstić information content (AvgIpc) is 3.58. The number of methoxy groups -OCH3 is 1. The maximum Gasteiger partial charge on any atom is 0.270 e. The summed E-state index contributed by atoms with van der Waals surface area (Å²) in [6.45, 7) is 2.91. The lowest BCUT2D eigenvalue weighted by Gasteiger charge is -2.26. The molecule has 174 valence electrons. The molecular weight excluding hydrogens is 448 g/mol. The Hall–Kier alpha value is -3.65. The Morgan fingerprint density at radius 2 is 1.91 bits per heavy atom. The fourth-order valence-corrected chi connectivity index (χ4v) is 5.46. The van der Waals surface area contributed by atoms with Crippen molar-refractivity contribution in [3.05, 3.63) is 77.1 Å². The van der Waals surface area contributed by atoms with Gasteiger partial charge in [-0.15, -0.1) is 11.3 Å². The number of nitrogens with one attached hydrogen (secondary N) is 1. The summed E-state index contributed by atoms with van der Waals surface area (Å²) in [4.78, 5) is 33.8. The summed E-state index contributed by atoms with van der Waals surface area (Å²) in [5, 5.41) is 4.95. The smallest absolute Gasteiger partial charge is 0.270 e. The Bertz CT molecular complexity index is 1360. The van der Waals surface area contributed by atoms with E-state index < -0.39 is 0 Å². The minimum Gasteiger partial charge on any atom is -0.496 e. The molecule has 5 rings (SSSR count). The van der Waals surface area contributed by atoms with Crippen LogP contribution in [-0.4, -0.2) is 52.3 Å². The zero-order valence-electron chi connectivity index (χ0n) is 19.2. The van der Waals surface area contributed by atoms with E-state index in [1.54, 1.807) is 7.11 Å². The van der Waals surface area contributed by atoms with E-state index in [9.17, 15) is 9.59 Å². The lowest BCUT2D eigenvalue weighted by Crippen LogP contribution is -2.43. The molecule has 2 amide bonds. The van der Waals surface area contributed by atoms with E-state index >= 15 is 0 Å². The van der Waals surface area contributed by atoms with E-state index in [0.29, 0.717) is 30.0 Å². The molecular formula is C26H26N4O3S. The molecule has 34 heavy (non-hydrogen) atoms. The van der Waals surface area contributed by atoms with Crippen LogP contribution in [0.3, 0.4) is 0 Å². The number of thiazole rings is 1. The highest BCUT2D eigenvalue weighted by atomic mass is 32.1. The number of hydrogen-bond acceptors (Lipinski definition) is 5. The van der Waals surface area contributed by atoms with E-state index in [0.717, 1.165) is 34.7 Å². The number of amides is 2. The standard InChI is InChI=1S/C26H26N4O3S/c1-17-23(30-14-15-34-26(30)28-17)24(31)27-16-18-8-7-13-29(18)25(32)21-11-4-3-9-19(21)20-10-5-6-12-22(20)33-2/h3-6,9-12,14-15,18H,7-8,13,16H2,1-2H3,(H,27,31)/t18-/m0/s1. The van der Waals surface area contributed by atoms with E-state index in [1.807, 2.05) is 76.3 Å². The number of rotatable bonds is 6. The Kier molecular flexibility index (Phi) is 6.06. The highest BCUT2D eigenvalue weighted by molar-refractivity contribution is 7.15. The van der Waals surface area contributed by atoms with Crippen molar-refractivity contribution in [3.63, 3.8) is 0 Å². The second kappa shape index (κ2) is 9.30. The predicted molar refractivity (Wildman–Crippen MR) is 133 cm³/mol. The third-order valence-electron chi connectivity index (χ3n) is 6.34. The van der Waals surface area contributed by atoms with Gasteiger partial charge in [-0.3, -0.25) is 14.0 Å². The summed E-state index contributed by atoms with van der Waals surface area (Å²) in [5.74, 6) is 0.528. The van der Waals surface area contributed by atoms with Gasteiger partial charge in [0.2, 0.25) is 0 Å². The maximum atomic E-state index is 13.7. The topological polar surface area (TPSA) is 75.9 Å². The van der Waals surface area contributed by atoms with E-state index in [4.69, 9.17) is 4.74 Å². The molecule has 1 saturated heterocycles. The molecule has 2 aromatic carbocycles. The summed E-state index contributed by atoms with van der Waals surface area (Å²) < 4.78 is 7.35. The van der Waals surface area contributed by atoms with Crippen LogP contribution in [0.4, 0.5) is 0 Å². The number of imidazole rings is 1. The van der Waals surface area contributed by atoms with Gasteiger partial charge in [0.1, 0.15) is 11.4 Å². The number of fused-ring (bicyclic) bond motifs is 1. The SMILES string of the molecule is COc1ccccc1-c1ccccc1C(=O)N1CCC[C@H]1CNC(=O)c1c(C)nc2sccn12. The van der Waals surface area contributed by atoms with Gasteiger partial charge < -0.3 is 15.0 Å². The van der Waals surface area contributed by atoms with Crippen molar-refractivity contribution >= 4 is 28.1 Å². The van der Waals surface area contributed by atoms with Crippen LogP contribution in [0.1, 0.15) is 39.4 Å². The third kappa shape index (κ3) is 3.94. The van der Waals surface area contributed by atoms with E-state index in [-0.39, 0.29) is 17.9 Å². The molecule has 0 radical (unpaired) electrons. The molecule has 4 aromatic rings. The molecule has 0 aliphatic carbocycles. The van der Waals surface area contributed by atoms with Gasteiger partial charge in [0.25, 0.3) is 11.8 Å². The molecule has 1 atom stereocenters.